The molecule has 1 aromatic heterocycles. The minimum absolute atomic E-state index is 0.458. The Morgan fingerprint density at radius 3 is 2.82 bits per heavy atom. The van der Waals surface area contributed by atoms with Crippen molar-refractivity contribution < 1.29 is 0 Å². The average molecular weight is 373 g/mol. The van der Waals surface area contributed by atoms with E-state index in [1.54, 1.807) is 10.9 Å². The van der Waals surface area contributed by atoms with E-state index in [0.717, 1.165) is 21.2 Å². The molecule has 110 valence electrons. The summed E-state index contributed by atoms with van der Waals surface area (Å²) in [7, 11) is 0. The number of hydrogen-bond donors (Lipinski definition) is 1. The van der Waals surface area contributed by atoms with Gasteiger partial charge in [0, 0.05) is 15.6 Å². The van der Waals surface area contributed by atoms with Crippen molar-refractivity contribution in [3.05, 3.63) is 68.9 Å². The molecular weight excluding hydrogens is 360 g/mol. The Labute approximate surface area is 141 Å². The lowest BCUT2D eigenvalue weighted by molar-refractivity contribution is 0.871. The van der Waals surface area contributed by atoms with Gasteiger partial charge in [-0.05, 0) is 31.3 Å². The number of aryl methyl sites for hydroxylation is 1. The molecule has 0 saturated heterocycles. The van der Waals surface area contributed by atoms with Crippen molar-refractivity contribution in [3.63, 3.8) is 0 Å². The van der Waals surface area contributed by atoms with Gasteiger partial charge in [0.25, 0.3) is 0 Å². The number of rotatable bonds is 3. The predicted octanol–water partition coefficient (Wildman–Crippen LogP) is 4.56. The number of H-pyrrole nitrogens is 1. The summed E-state index contributed by atoms with van der Waals surface area (Å²) in [4.78, 5) is 0. The van der Waals surface area contributed by atoms with Gasteiger partial charge in [-0.2, -0.15) is 14.9 Å². The topological polar surface area (TPSA) is 46.0 Å². The molecule has 0 spiro atoms. The van der Waals surface area contributed by atoms with Crippen molar-refractivity contribution in [1.82, 2.24) is 14.9 Å². The van der Waals surface area contributed by atoms with Gasteiger partial charge >= 0.3 is 0 Å². The maximum Gasteiger partial charge on any atom is 0.216 e. The van der Waals surface area contributed by atoms with Crippen LogP contribution < -0.4 is 0 Å². The third-order valence-corrected chi connectivity index (χ3v) is 4.13. The molecule has 3 rings (SSSR count). The fraction of sp³-hybridized carbons (Fsp3) is 0.0625. The molecule has 0 amide bonds. The van der Waals surface area contributed by atoms with E-state index in [2.05, 4.69) is 37.3 Å². The van der Waals surface area contributed by atoms with Crippen LogP contribution >= 0.6 is 28.1 Å². The monoisotopic (exact) mass is 372 g/mol. The normalized spacial score (nSPS) is 11.2. The smallest absolute Gasteiger partial charge is 0.216 e. The fourth-order valence-electron chi connectivity index (χ4n) is 2.07. The van der Waals surface area contributed by atoms with Crippen LogP contribution in [0.3, 0.4) is 0 Å². The summed E-state index contributed by atoms with van der Waals surface area (Å²) in [6.07, 6.45) is 1.76. The van der Waals surface area contributed by atoms with Crippen molar-refractivity contribution >= 4 is 34.4 Å². The van der Waals surface area contributed by atoms with E-state index in [1.165, 1.54) is 0 Å². The number of aromatic nitrogens is 3. The molecule has 2 aromatic carbocycles. The molecular formula is C16H13BrN4S. The molecule has 0 aliphatic heterocycles. The largest absolute Gasteiger partial charge is 0.250 e. The third-order valence-electron chi connectivity index (χ3n) is 3.14. The zero-order chi connectivity index (χ0) is 15.5. The van der Waals surface area contributed by atoms with E-state index in [9.17, 15) is 0 Å². The van der Waals surface area contributed by atoms with Gasteiger partial charge in [0.2, 0.25) is 4.77 Å². The maximum absolute atomic E-state index is 5.27. The zero-order valence-corrected chi connectivity index (χ0v) is 14.2. The minimum Gasteiger partial charge on any atom is -0.250 e. The van der Waals surface area contributed by atoms with Gasteiger partial charge in [0.1, 0.15) is 0 Å². The van der Waals surface area contributed by atoms with Crippen LogP contribution in [0.4, 0.5) is 0 Å². The fourth-order valence-corrected chi connectivity index (χ4v) is 2.64. The molecule has 3 aromatic rings. The molecule has 1 heterocycles. The van der Waals surface area contributed by atoms with Crippen molar-refractivity contribution in [3.8, 4) is 11.4 Å². The SMILES string of the molecule is Cc1cccc(-c2n[nH]c(=S)n2/N=C\c2ccccc2Br)c1. The number of hydrogen-bond acceptors (Lipinski definition) is 3. The summed E-state index contributed by atoms with van der Waals surface area (Å²) in [5, 5.41) is 11.5. The summed E-state index contributed by atoms with van der Waals surface area (Å²) in [6, 6.07) is 15.9. The molecule has 0 aliphatic carbocycles. The quantitative estimate of drug-likeness (QED) is 0.540. The second-order valence-corrected chi connectivity index (χ2v) is 6.04. The van der Waals surface area contributed by atoms with Gasteiger partial charge in [-0.15, -0.1) is 0 Å². The van der Waals surface area contributed by atoms with Gasteiger partial charge in [-0.1, -0.05) is 57.9 Å². The van der Waals surface area contributed by atoms with Gasteiger partial charge in [0.15, 0.2) is 5.82 Å². The lowest BCUT2D eigenvalue weighted by atomic mass is 10.1. The van der Waals surface area contributed by atoms with Gasteiger partial charge in [0.05, 0.1) is 6.21 Å². The summed E-state index contributed by atoms with van der Waals surface area (Å²) in [5.41, 5.74) is 3.10. The Kier molecular flexibility index (Phi) is 4.31. The molecule has 0 atom stereocenters. The highest BCUT2D eigenvalue weighted by molar-refractivity contribution is 9.10. The second kappa shape index (κ2) is 6.37. The Morgan fingerprint density at radius 1 is 1.23 bits per heavy atom. The van der Waals surface area contributed by atoms with E-state index < -0.39 is 0 Å². The number of aromatic amines is 1. The van der Waals surface area contributed by atoms with E-state index in [0.29, 0.717) is 10.6 Å². The van der Waals surface area contributed by atoms with Crippen LogP contribution in [0, 0.1) is 11.7 Å². The molecule has 0 fully saturated rings. The van der Waals surface area contributed by atoms with Gasteiger partial charge < -0.3 is 0 Å². The van der Waals surface area contributed by atoms with Crippen LogP contribution in [0.15, 0.2) is 58.1 Å². The Bertz CT molecular complexity index is 895. The van der Waals surface area contributed by atoms with Gasteiger partial charge in [-0.3, -0.25) is 0 Å². The molecule has 0 bridgehead atoms. The molecule has 4 nitrogen and oxygen atoms in total. The molecule has 0 saturated carbocycles. The van der Waals surface area contributed by atoms with E-state index >= 15 is 0 Å². The Morgan fingerprint density at radius 2 is 2.05 bits per heavy atom. The minimum atomic E-state index is 0.458. The first-order valence-corrected chi connectivity index (χ1v) is 7.88. The van der Waals surface area contributed by atoms with E-state index in [-0.39, 0.29) is 0 Å². The van der Waals surface area contributed by atoms with Crippen LogP contribution in [0.1, 0.15) is 11.1 Å². The van der Waals surface area contributed by atoms with E-state index in [4.69, 9.17) is 12.2 Å². The lowest BCUT2D eigenvalue weighted by Crippen LogP contribution is -1.95. The second-order valence-electron chi connectivity index (χ2n) is 4.80. The molecule has 0 radical (unpaired) electrons. The van der Waals surface area contributed by atoms with Crippen molar-refractivity contribution in [2.24, 2.45) is 5.10 Å². The number of halogens is 1. The molecule has 0 aliphatic rings. The van der Waals surface area contributed by atoms with Gasteiger partial charge in [-0.25, -0.2) is 5.10 Å². The zero-order valence-electron chi connectivity index (χ0n) is 11.8. The summed E-state index contributed by atoms with van der Waals surface area (Å²) >= 11 is 8.78. The van der Waals surface area contributed by atoms with Crippen molar-refractivity contribution in [1.29, 1.82) is 0 Å². The first kappa shape index (κ1) is 14.9. The van der Waals surface area contributed by atoms with Crippen LogP contribution in [0.5, 0.6) is 0 Å². The number of nitrogens with zero attached hydrogens (tertiary/aromatic N) is 3. The third kappa shape index (κ3) is 3.08. The summed E-state index contributed by atoms with van der Waals surface area (Å²) in [5.74, 6) is 0.692. The lowest BCUT2D eigenvalue weighted by Gasteiger charge is -2.02. The Balaban J connectivity index is 2.04. The molecule has 0 unspecified atom stereocenters. The Hall–Kier alpha value is -2.05. The predicted molar refractivity (Wildman–Crippen MR) is 94.7 cm³/mol. The van der Waals surface area contributed by atoms with Crippen LogP contribution in [-0.2, 0) is 0 Å². The molecule has 6 heteroatoms. The van der Waals surface area contributed by atoms with Crippen molar-refractivity contribution in [2.45, 2.75) is 6.92 Å². The number of nitrogens with one attached hydrogen (secondary N) is 1. The van der Waals surface area contributed by atoms with Crippen LogP contribution in [0.2, 0.25) is 0 Å². The molecule has 1 N–H and O–H groups in total. The maximum atomic E-state index is 5.27. The van der Waals surface area contributed by atoms with E-state index in [1.807, 2.05) is 49.4 Å². The molecule has 22 heavy (non-hydrogen) atoms. The highest BCUT2D eigenvalue weighted by Gasteiger charge is 2.08. The standard InChI is InChI=1S/C16H13BrN4S/c1-11-5-4-7-12(9-11)15-19-20-16(22)21(15)18-10-13-6-2-3-8-14(13)17/h2-10H,1H3,(H,20,22)/b18-10-. The number of benzene rings is 2. The van der Waals surface area contributed by atoms with Crippen molar-refractivity contribution in [2.75, 3.05) is 0 Å². The first-order chi connectivity index (χ1) is 10.6. The van der Waals surface area contributed by atoms with Crippen LogP contribution in [0.25, 0.3) is 11.4 Å². The van der Waals surface area contributed by atoms with Crippen LogP contribution in [-0.4, -0.2) is 21.1 Å². The summed E-state index contributed by atoms with van der Waals surface area (Å²) in [6.45, 7) is 2.04. The summed E-state index contributed by atoms with van der Waals surface area (Å²) < 4.78 is 3.06. The highest BCUT2D eigenvalue weighted by Crippen LogP contribution is 2.19. The average Bonchev–Trinajstić information content (AvgIpc) is 2.87. The first-order valence-electron chi connectivity index (χ1n) is 6.68. The highest BCUT2D eigenvalue weighted by atomic mass is 79.9.